The van der Waals surface area contributed by atoms with Crippen LogP contribution in [0, 0.1) is 11.8 Å². The van der Waals surface area contributed by atoms with Crippen molar-refractivity contribution in [1.29, 1.82) is 0 Å². The maximum atomic E-state index is 13.4. The third-order valence-corrected chi connectivity index (χ3v) is 11.5. The van der Waals surface area contributed by atoms with E-state index in [1.54, 1.807) is 84.8 Å². The SMILES string of the molecule is CCC(=O)OC1C(C)OC(OC2C(C)OC(O[C@H]3[C@@H](CC=O)C[C@@H](C)[C@@H](OC(C)=O)/C=C/C=C/C[C@@H](C)OC(=O)C[C@H](OC(=O)CC)[C@@H]3OC)C(O)C2N(C)C)CC1(C)OC(C)=O. The van der Waals surface area contributed by atoms with Crippen LogP contribution < -0.4 is 0 Å². The van der Waals surface area contributed by atoms with Gasteiger partial charge in [0.15, 0.2) is 24.3 Å². The number of aliphatic hydroxyl groups is 1. The van der Waals surface area contributed by atoms with Crippen molar-refractivity contribution in [1.82, 2.24) is 4.90 Å². The van der Waals surface area contributed by atoms with Crippen LogP contribution in [0.2, 0.25) is 0 Å². The normalized spacial score (nSPS) is 38.1. The van der Waals surface area contributed by atoms with E-state index in [0.717, 1.165) is 0 Å². The number of hydrogen-bond acceptors (Lipinski definition) is 18. The zero-order valence-electron chi connectivity index (χ0n) is 38.9. The Bertz CT molecular complexity index is 1590. The van der Waals surface area contributed by atoms with Gasteiger partial charge in [0.05, 0.1) is 30.8 Å². The second-order valence-corrected chi connectivity index (χ2v) is 17.1. The minimum Gasteiger partial charge on any atom is -0.462 e. The Morgan fingerprint density at radius 3 is 2.16 bits per heavy atom. The molecular formula is C45H71NO17. The monoisotopic (exact) mass is 897 g/mol. The fourth-order valence-electron chi connectivity index (χ4n) is 8.57. The average molecular weight is 898 g/mol. The lowest BCUT2D eigenvalue weighted by Crippen LogP contribution is -2.66. The Balaban J connectivity index is 2.09. The van der Waals surface area contributed by atoms with Gasteiger partial charge in [-0.1, -0.05) is 39.0 Å². The second-order valence-electron chi connectivity index (χ2n) is 17.1. The van der Waals surface area contributed by atoms with E-state index < -0.39 is 133 Å². The zero-order valence-corrected chi connectivity index (χ0v) is 38.9. The molecule has 0 amide bonds. The highest BCUT2D eigenvalue weighted by atomic mass is 16.7. The molecule has 2 fully saturated rings. The van der Waals surface area contributed by atoms with Gasteiger partial charge in [0, 0.05) is 53.1 Å². The van der Waals surface area contributed by atoms with Gasteiger partial charge in [-0.15, -0.1) is 0 Å². The summed E-state index contributed by atoms with van der Waals surface area (Å²) in [6.45, 7) is 14.4. The van der Waals surface area contributed by atoms with E-state index in [2.05, 4.69) is 0 Å². The van der Waals surface area contributed by atoms with Gasteiger partial charge in [0.2, 0.25) is 0 Å². The number of methoxy groups -OCH3 is 1. The van der Waals surface area contributed by atoms with Crippen LogP contribution in [0.3, 0.4) is 0 Å². The van der Waals surface area contributed by atoms with Crippen molar-refractivity contribution in [2.45, 2.75) is 193 Å². The van der Waals surface area contributed by atoms with Crippen LogP contribution in [-0.2, 0) is 76.1 Å². The number of aliphatic hydroxyl groups excluding tert-OH is 1. The lowest BCUT2D eigenvalue weighted by atomic mass is 9.82. The molecule has 9 unspecified atom stereocenters. The molecule has 0 bridgehead atoms. The first-order valence-electron chi connectivity index (χ1n) is 21.9. The van der Waals surface area contributed by atoms with E-state index in [1.807, 2.05) is 6.92 Å². The highest BCUT2D eigenvalue weighted by molar-refractivity contribution is 5.73. The third-order valence-electron chi connectivity index (χ3n) is 11.5. The highest BCUT2D eigenvalue weighted by Gasteiger charge is 2.54. The summed E-state index contributed by atoms with van der Waals surface area (Å²) in [5, 5.41) is 12.2. The van der Waals surface area contributed by atoms with Crippen LogP contribution in [0.15, 0.2) is 24.3 Å². The summed E-state index contributed by atoms with van der Waals surface area (Å²) in [4.78, 5) is 77.6. The molecule has 3 heterocycles. The number of allylic oxidation sites excluding steroid dienone is 2. The number of carbonyl (C=O) groups excluding carboxylic acids is 6. The van der Waals surface area contributed by atoms with Crippen LogP contribution in [0.5, 0.6) is 0 Å². The molecule has 0 saturated carbocycles. The second kappa shape index (κ2) is 25.1. The van der Waals surface area contributed by atoms with Crippen LogP contribution in [0.25, 0.3) is 0 Å². The van der Waals surface area contributed by atoms with Crippen molar-refractivity contribution in [2.75, 3.05) is 21.2 Å². The number of hydrogen-bond donors (Lipinski definition) is 1. The van der Waals surface area contributed by atoms with E-state index in [-0.39, 0.29) is 32.1 Å². The smallest absolute Gasteiger partial charge is 0.309 e. The fourth-order valence-corrected chi connectivity index (χ4v) is 8.57. The number of likely N-dealkylation sites (N-methyl/N-ethyl adjacent to an activating group) is 1. The van der Waals surface area contributed by atoms with E-state index in [4.69, 9.17) is 47.4 Å². The summed E-state index contributed by atoms with van der Waals surface area (Å²) in [5.41, 5.74) is -1.33. The first-order valence-corrected chi connectivity index (χ1v) is 21.9. The zero-order chi connectivity index (χ0) is 47.2. The first-order chi connectivity index (χ1) is 29.7. The molecular weight excluding hydrogens is 826 g/mol. The molecule has 0 radical (unpaired) electrons. The van der Waals surface area contributed by atoms with Crippen LogP contribution in [-0.4, -0.2) is 153 Å². The standard InChI is InChI=1S/C45H71NO17/c1-13-34(50)59-33-23-36(52)55-26(4)18-16-15-17-19-32(58-29(7)48)25(3)22-31(20-21-47)41(42(33)54-12)62-44-39(53)38(46(10)11)40(27(5)57-44)61-37-24-45(9,63-30(8)49)43(28(6)56-37)60-35(51)14-2/h15-17,19,21,25-28,31-33,37-44,53H,13-14,18,20,22-24H2,1-12H3/b16-15+,19-17+/t25-,26-,27?,28?,31+,32+,33+,37?,38?,39?,40?,41+,42+,43?,44?,45?/m1/s1. The molecule has 1 N–H and O–H groups in total. The van der Waals surface area contributed by atoms with E-state index >= 15 is 0 Å². The lowest BCUT2D eigenvalue weighted by Gasteiger charge is -2.50. The molecule has 358 valence electrons. The van der Waals surface area contributed by atoms with Crippen molar-refractivity contribution < 1.29 is 81.2 Å². The van der Waals surface area contributed by atoms with Crippen LogP contribution >= 0.6 is 0 Å². The van der Waals surface area contributed by atoms with Crippen molar-refractivity contribution in [2.24, 2.45) is 11.8 Å². The minimum absolute atomic E-state index is 0.0260. The highest BCUT2D eigenvalue weighted by Crippen LogP contribution is 2.39. The Morgan fingerprint density at radius 1 is 0.905 bits per heavy atom. The Kier molecular flexibility index (Phi) is 21.3. The number of carbonyl (C=O) groups is 6. The molecule has 16 atom stereocenters. The summed E-state index contributed by atoms with van der Waals surface area (Å²) in [6.07, 6.45) is -4.48. The van der Waals surface area contributed by atoms with Gasteiger partial charge < -0.3 is 62.2 Å². The summed E-state index contributed by atoms with van der Waals surface area (Å²) in [6, 6.07) is -0.833. The molecule has 0 aliphatic carbocycles. The summed E-state index contributed by atoms with van der Waals surface area (Å²) >= 11 is 0. The van der Waals surface area contributed by atoms with Gasteiger partial charge >= 0.3 is 29.8 Å². The Labute approximate surface area is 371 Å². The van der Waals surface area contributed by atoms with E-state index in [1.165, 1.54) is 21.0 Å². The Hall–Kier alpha value is -3.78. The van der Waals surface area contributed by atoms with Crippen molar-refractivity contribution >= 4 is 36.1 Å². The predicted molar refractivity (Wildman–Crippen MR) is 224 cm³/mol. The number of ether oxygens (including phenoxy) is 10. The van der Waals surface area contributed by atoms with Gasteiger partial charge in [-0.2, -0.15) is 0 Å². The molecule has 0 aromatic carbocycles. The van der Waals surface area contributed by atoms with E-state index in [0.29, 0.717) is 12.7 Å². The maximum Gasteiger partial charge on any atom is 0.309 e. The van der Waals surface area contributed by atoms with Crippen LogP contribution in [0.1, 0.15) is 107 Å². The number of cyclic esters (lactones) is 1. The van der Waals surface area contributed by atoms with Gasteiger partial charge in [0.25, 0.3) is 0 Å². The Morgan fingerprint density at radius 2 is 1.57 bits per heavy atom. The maximum absolute atomic E-state index is 13.4. The van der Waals surface area contributed by atoms with Crippen molar-refractivity contribution in [3.05, 3.63) is 24.3 Å². The fraction of sp³-hybridized carbons (Fsp3) is 0.778. The molecule has 18 heteroatoms. The van der Waals surface area contributed by atoms with Gasteiger partial charge in [0.1, 0.15) is 42.9 Å². The number of nitrogens with zero attached hydrogens (tertiary/aromatic N) is 1. The molecule has 0 aromatic rings. The molecule has 18 nitrogen and oxygen atoms in total. The molecule has 0 aromatic heterocycles. The lowest BCUT2D eigenvalue weighted by molar-refractivity contribution is -0.344. The molecule has 3 rings (SSSR count). The van der Waals surface area contributed by atoms with Crippen molar-refractivity contribution in [3.63, 3.8) is 0 Å². The third kappa shape index (κ3) is 15.4. The molecule has 63 heavy (non-hydrogen) atoms. The van der Waals surface area contributed by atoms with Crippen LogP contribution in [0.4, 0.5) is 0 Å². The molecule has 3 aliphatic heterocycles. The van der Waals surface area contributed by atoms with Gasteiger partial charge in [-0.05, 0) is 66.1 Å². The molecule has 2 saturated heterocycles. The molecule has 3 aliphatic rings. The number of rotatable bonds is 14. The number of aldehydes is 1. The minimum atomic E-state index is -1.45. The van der Waals surface area contributed by atoms with Gasteiger partial charge in [-0.25, -0.2) is 0 Å². The van der Waals surface area contributed by atoms with Gasteiger partial charge in [-0.3, -0.25) is 24.0 Å². The van der Waals surface area contributed by atoms with E-state index in [9.17, 15) is 33.9 Å². The summed E-state index contributed by atoms with van der Waals surface area (Å²) < 4.78 is 60.7. The largest absolute Gasteiger partial charge is 0.462 e. The average Bonchev–Trinajstić information content (AvgIpc) is 3.18. The summed E-state index contributed by atoms with van der Waals surface area (Å²) in [5.74, 6) is -4.06. The summed E-state index contributed by atoms with van der Waals surface area (Å²) in [7, 11) is 4.82. The molecule has 0 spiro atoms. The topological polar surface area (TPSA) is 218 Å². The van der Waals surface area contributed by atoms with Crippen molar-refractivity contribution in [3.8, 4) is 0 Å². The number of esters is 5. The quantitative estimate of drug-likeness (QED) is 0.148. The first kappa shape index (κ1) is 53.6. The predicted octanol–water partition coefficient (Wildman–Crippen LogP) is 3.91.